The Morgan fingerprint density at radius 2 is 1.88 bits per heavy atom. The molecular weight excluding hydrogens is 420 g/mol. The second kappa shape index (κ2) is 9.44. The first-order valence-electron chi connectivity index (χ1n) is 10.4. The van der Waals surface area contributed by atoms with Gasteiger partial charge >= 0.3 is 5.97 Å². The number of methoxy groups -OCH3 is 1. The number of aromatic nitrogens is 2. The van der Waals surface area contributed by atoms with Gasteiger partial charge in [-0.2, -0.15) is 4.98 Å². The van der Waals surface area contributed by atoms with E-state index in [2.05, 4.69) is 10.1 Å². The second-order valence-electron chi connectivity index (χ2n) is 7.31. The summed E-state index contributed by atoms with van der Waals surface area (Å²) >= 11 is 0. The number of ether oxygens (including phenoxy) is 2. The molecule has 168 valence electrons. The number of nitrogens with two attached hydrogens (primary N) is 1. The molecule has 0 aliphatic carbocycles. The van der Waals surface area contributed by atoms with Gasteiger partial charge in [0, 0.05) is 5.56 Å². The molecule has 33 heavy (non-hydrogen) atoms. The SMILES string of the molecule is CCOc1nc2cccc(C(=O)OC)c2n1Cc1ccc(-c2ccccc2)c(C(N)=NO)c1. The molecule has 0 spiro atoms. The molecule has 1 aromatic heterocycles. The first kappa shape index (κ1) is 21.9. The largest absolute Gasteiger partial charge is 0.465 e. The summed E-state index contributed by atoms with van der Waals surface area (Å²) in [7, 11) is 1.34. The predicted molar refractivity (Wildman–Crippen MR) is 126 cm³/mol. The zero-order valence-corrected chi connectivity index (χ0v) is 18.4. The highest BCUT2D eigenvalue weighted by atomic mass is 16.5. The van der Waals surface area contributed by atoms with Crippen LogP contribution in [0.4, 0.5) is 0 Å². The standard InChI is InChI=1S/C25H24N4O4/c1-3-33-25-27-21-11-7-10-19(24(30)32-2)22(21)29(25)15-16-12-13-18(17-8-5-4-6-9-17)20(14-16)23(26)28-31/h4-14,31H,3,15H2,1-2H3,(H2,26,28). The molecule has 4 rings (SSSR count). The van der Waals surface area contributed by atoms with Gasteiger partial charge in [0.2, 0.25) is 0 Å². The quantitative estimate of drug-likeness (QED) is 0.146. The van der Waals surface area contributed by atoms with Gasteiger partial charge in [0.1, 0.15) is 0 Å². The van der Waals surface area contributed by atoms with Crippen molar-refractivity contribution in [1.29, 1.82) is 0 Å². The summed E-state index contributed by atoms with van der Waals surface area (Å²) in [4.78, 5) is 17.0. The fourth-order valence-electron chi connectivity index (χ4n) is 3.83. The Morgan fingerprint density at radius 3 is 2.58 bits per heavy atom. The maximum absolute atomic E-state index is 12.4. The Morgan fingerprint density at radius 1 is 1.09 bits per heavy atom. The highest BCUT2D eigenvalue weighted by Gasteiger charge is 2.20. The highest BCUT2D eigenvalue weighted by molar-refractivity contribution is 6.04. The lowest BCUT2D eigenvalue weighted by atomic mass is 9.96. The first-order chi connectivity index (χ1) is 16.1. The highest BCUT2D eigenvalue weighted by Crippen LogP contribution is 2.29. The van der Waals surface area contributed by atoms with Crippen molar-refractivity contribution in [2.75, 3.05) is 13.7 Å². The molecule has 0 radical (unpaired) electrons. The summed E-state index contributed by atoms with van der Waals surface area (Å²) in [6.45, 7) is 2.63. The number of para-hydroxylation sites is 1. The molecule has 0 aliphatic rings. The van der Waals surface area contributed by atoms with Crippen LogP contribution in [0, 0.1) is 0 Å². The lowest BCUT2D eigenvalue weighted by molar-refractivity contribution is 0.0602. The molecule has 0 saturated carbocycles. The zero-order valence-electron chi connectivity index (χ0n) is 18.4. The molecule has 0 fully saturated rings. The van der Waals surface area contributed by atoms with E-state index in [9.17, 15) is 10.0 Å². The fourth-order valence-corrected chi connectivity index (χ4v) is 3.83. The average Bonchev–Trinajstić information content (AvgIpc) is 3.20. The Bertz CT molecular complexity index is 1330. The van der Waals surface area contributed by atoms with E-state index < -0.39 is 5.97 Å². The maximum Gasteiger partial charge on any atom is 0.340 e. The van der Waals surface area contributed by atoms with Crippen molar-refractivity contribution in [2.45, 2.75) is 13.5 Å². The van der Waals surface area contributed by atoms with E-state index in [1.807, 2.05) is 66.1 Å². The number of nitrogens with zero attached hydrogens (tertiary/aromatic N) is 3. The van der Waals surface area contributed by atoms with E-state index in [0.717, 1.165) is 16.7 Å². The molecule has 0 unspecified atom stereocenters. The Labute approximate surface area is 190 Å². The average molecular weight is 444 g/mol. The summed E-state index contributed by atoms with van der Waals surface area (Å²) in [5.41, 5.74) is 10.9. The van der Waals surface area contributed by atoms with Crippen LogP contribution in [0.5, 0.6) is 6.01 Å². The van der Waals surface area contributed by atoms with Crippen LogP contribution < -0.4 is 10.5 Å². The van der Waals surface area contributed by atoms with Gasteiger partial charge in [0.05, 0.1) is 36.9 Å². The van der Waals surface area contributed by atoms with Crippen molar-refractivity contribution in [3.05, 3.63) is 83.4 Å². The number of carbonyl (C=O) groups excluding carboxylic acids is 1. The van der Waals surface area contributed by atoms with Gasteiger partial charge in [-0.05, 0) is 41.8 Å². The summed E-state index contributed by atoms with van der Waals surface area (Å²) in [6, 6.07) is 21.1. The summed E-state index contributed by atoms with van der Waals surface area (Å²) in [6.07, 6.45) is 0. The van der Waals surface area contributed by atoms with E-state index in [1.54, 1.807) is 12.1 Å². The van der Waals surface area contributed by atoms with E-state index in [0.29, 0.717) is 41.3 Å². The van der Waals surface area contributed by atoms with Crippen LogP contribution in [0.2, 0.25) is 0 Å². The van der Waals surface area contributed by atoms with Crippen LogP contribution in [0.3, 0.4) is 0 Å². The molecule has 0 amide bonds. The fraction of sp³-hybridized carbons (Fsp3) is 0.160. The van der Waals surface area contributed by atoms with Gasteiger partial charge in [-0.15, -0.1) is 0 Å². The van der Waals surface area contributed by atoms with Crippen LogP contribution in [-0.2, 0) is 11.3 Å². The van der Waals surface area contributed by atoms with Crippen molar-refractivity contribution in [3.8, 4) is 17.1 Å². The minimum atomic E-state index is -0.457. The molecule has 8 heteroatoms. The molecule has 8 nitrogen and oxygen atoms in total. The van der Waals surface area contributed by atoms with Crippen LogP contribution >= 0.6 is 0 Å². The number of oxime groups is 1. The molecule has 0 aliphatic heterocycles. The number of imidazole rings is 1. The van der Waals surface area contributed by atoms with Crippen molar-refractivity contribution in [2.24, 2.45) is 10.9 Å². The number of esters is 1. The summed E-state index contributed by atoms with van der Waals surface area (Å²) in [5.74, 6) is -0.451. The minimum Gasteiger partial charge on any atom is -0.465 e. The van der Waals surface area contributed by atoms with Gasteiger partial charge in [-0.3, -0.25) is 4.57 Å². The summed E-state index contributed by atoms with van der Waals surface area (Å²) in [5, 5.41) is 12.6. The normalized spacial score (nSPS) is 11.5. The lowest BCUT2D eigenvalue weighted by Gasteiger charge is -2.14. The predicted octanol–water partition coefficient (Wildman–Crippen LogP) is 4.03. The topological polar surface area (TPSA) is 112 Å². The third-order valence-corrected chi connectivity index (χ3v) is 5.30. The van der Waals surface area contributed by atoms with Gasteiger partial charge < -0.3 is 20.4 Å². The van der Waals surface area contributed by atoms with Crippen molar-refractivity contribution in [3.63, 3.8) is 0 Å². The maximum atomic E-state index is 12.4. The van der Waals surface area contributed by atoms with Crippen molar-refractivity contribution >= 4 is 22.8 Å². The third-order valence-electron chi connectivity index (χ3n) is 5.30. The molecule has 4 aromatic rings. The molecule has 0 saturated heterocycles. The number of benzene rings is 3. The number of carbonyl (C=O) groups is 1. The van der Waals surface area contributed by atoms with Crippen molar-refractivity contribution < 1.29 is 19.5 Å². The Kier molecular flexibility index (Phi) is 6.26. The number of amidine groups is 1. The van der Waals surface area contributed by atoms with Gasteiger partial charge in [0.15, 0.2) is 5.84 Å². The molecular formula is C25H24N4O4. The van der Waals surface area contributed by atoms with Gasteiger partial charge in [0.25, 0.3) is 6.01 Å². The van der Waals surface area contributed by atoms with Gasteiger partial charge in [-0.1, -0.05) is 53.7 Å². The molecule has 3 aromatic carbocycles. The van der Waals surface area contributed by atoms with Crippen LogP contribution in [0.25, 0.3) is 22.2 Å². The molecule has 0 atom stereocenters. The third kappa shape index (κ3) is 4.23. The van der Waals surface area contributed by atoms with E-state index in [4.69, 9.17) is 15.2 Å². The number of rotatable bonds is 7. The smallest absolute Gasteiger partial charge is 0.340 e. The number of hydrogen-bond acceptors (Lipinski definition) is 6. The zero-order chi connectivity index (χ0) is 23.4. The molecule has 1 heterocycles. The lowest BCUT2D eigenvalue weighted by Crippen LogP contribution is -2.15. The molecule has 0 bridgehead atoms. The number of hydrogen-bond donors (Lipinski definition) is 2. The van der Waals surface area contributed by atoms with Gasteiger partial charge in [-0.25, -0.2) is 4.79 Å². The summed E-state index contributed by atoms with van der Waals surface area (Å²) < 4.78 is 12.6. The van der Waals surface area contributed by atoms with Crippen LogP contribution in [0.15, 0.2) is 71.9 Å². The first-order valence-corrected chi connectivity index (χ1v) is 10.4. The van der Waals surface area contributed by atoms with Crippen LogP contribution in [0.1, 0.15) is 28.4 Å². The van der Waals surface area contributed by atoms with E-state index in [-0.39, 0.29) is 5.84 Å². The minimum absolute atomic E-state index is 0.00599. The van der Waals surface area contributed by atoms with Crippen LogP contribution in [-0.4, -0.2) is 40.3 Å². The van der Waals surface area contributed by atoms with E-state index >= 15 is 0 Å². The molecule has 3 N–H and O–H groups in total. The monoisotopic (exact) mass is 444 g/mol. The number of fused-ring (bicyclic) bond motifs is 1. The van der Waals surface area contributed by atoms with E-state index in [1.165, 1.54) is 7.11 Å². The Hall–Kier alpha value is -4.33. The second-order valence-corrected chi connectivity index (χ2v) is 7.31. The van der Waals surface area contributed by atoms with Crippen molar-refractivity contribution in [1.82, 2.24) is 9.55 Å². The Balaban J connectivity index is 1.86.